The number of nitrogens with zero attached hydrogens (tertiary/aromatic N) is 1. The van der Waals surface area contributed by atoms with Gasteiger partial charge in [0.15, 0.2) is 0 Å². The smallest absolute Gasteiger partial charge is 0.104 e. The average molecular weight is 295 g/mol. The molecule has 0 saturated heterocycles. The average Bonchev–Trinajstić information content (AvgIpc) is 2.55. The van der Waals surface area contributed by atoms with Crippen LogP contribution in [0.3, 0.4) is 0 Å². The summed E-state index contributed by atoms with van der Waals surface area (Å²) in [5.74, 6) is 1.05. The molecule has 3 rings (SSSR count). The van der Waals surface area contributed by atoms with Gasteiger partial charge in [-0.25, -0.2) is 0 Å². The van der Waals surface area contributed by atoms with E-state index in [1.54, 1.807) is 18.0 Å². The third-order valence-corrected chi connectivity index (χ3v) is 4.35. The van der Waals surface area contributed by atoms with Crippen LogP contribution in [0.1, 0.15) is 24.2 Å². The monoisotopic (exact) mass is 295 g/mol. The summed E-state index contributed by atoms with van der Waals surface area (Å²) in [6.07, 6.45) is 1.16. The topological polar surface area (TPSA) is 33.1 Å². The van der Waals surface area contributed by atoms with Gasteiger partial charge in [0.1, 0.15) is 6.10 Å². The third-order valence-electron chi connectivity index (χ3n) is 3.45. The maximum atomic E-state index is 10.5. The first-order valence-electron chi connectivity index (χ1n) is 7.03. The molecule has 0 bridgehead atoms. The van der Waals surface area contributed by atoms with Gasteiger partial charge in [-0.1, -0.05) is 37.3 Å². The second-order valence-electron chi connectivity index (χ2n) is 4.86. The lowest BCUT2D eigenvalue weighted by molar-refractivity contribution is 0.220. The van der Waals surface area contributed by atoms with Crippen molar-refractivity contribution >= 4 is 22.7 Å². The lowest BCUT2D eigenvalue weighted by Gasteiger charge is -2.12. The Bertz CT molecular complexity index is 740. The minimum Gasteiger partial charge on any atom is -0.384 e. The number of aliphatic hydroxyl groups excluding tert-OH is 1. The lowest BCUT2D eigenvalue weighted by atomic mass is 10.0. The van der Waals surface area contributed by atoms with E-state index in [1.165, 1.54) is 4.90 Å². The summed E-state index contributed by atoms with van der Waals surface area (Å²) in [5, 5.41) is 11.6. The number of aromatic nitrogens is 1. The Morgan fingerprint density at radius 3 is 2.57 bits per heavy atom. The number of pyridine rings is 1. The van der Waals surface area contributed by atoms with Crippen molar-refractivity contribution in [3.63, 3.8) is 0 Å². The van der Waals surface area contributed by atoms with Crippen molar-refractivity contribution in [2.24, 2.45) is 0 Å². The highest BCUT2D eigenvalue weighted by Crippen LogP contribution is 2.26. The Labute approximate surface area is 128 Å². The fourth-order valence-electron chi connectivity index (χ4n) is 2.36. The Hall–Kier alpha value is -1.84. The van der Waals surface area contributed by atoms with Gasteiger partial charge in [0.25, 0.3) is 0 Å². The normalized spacial score (nSPS) is 12.5. The van der Waals surface area contributed by atoms with Crippen LogP contribution in [0.25, 0.3) is 10.9 Å². The summed E-state index contributed by atoms with van der Waals surface area (Å²) < 4.78 is 0. The van der Waals surface area contributed by atoms with E-state index < -0.39 is 6.10 Å². The molecule has 0 fully saturated rings. The molecule has 1 atom stereocenters. The van der Waals surface area contributed by atoms with E-state index in [9.17, 15) is 5.11 Å². The molecule has 0 aliphatic rings. The number of rotatable bonds is 4. The van der Waals surface area contributed by atoms with Crippen LogP contribution in [0, 0.1) is 0 Å². The second kappa shape index (κ2) is 6.29. The van der Waals surface area contributed by atoms with Gasteiger partial charge < -0.3 is 5.11 Å². The van der Waals surface area contributed by atoms with Gasteiger partial charge >= 0.3 is 0 Å². The molecule has 3 aromatic rings. The van der Waals surface area contributed by atoms with Gasteiger partial charge in [-0.2, -0.15) is 0 Å². The molecular formula is C18H17NOS. The third kappa shape index (κ3) is 3.09. The second-order valence-corrected chi connectivity index (χ2v) is 6.20. The molecule has 0 aliphatic carbocycles. The summed E-state index contributed by atoms with van der Waals surface area (Å²) in [7, 11) is 0. The first-order valence-corrected chi connectivity index (χ1v) is 8.02. The van der Waals surface area contributed by atoms with Crippen LogP contribution in [0.4, 0.5) is 0 Å². The molecule has 2 nitrogen and oxygen atoms in total. The lowest BCUT2D eigenvalue weighted by Crippen LogP contribution is -1.99. The molecule has 21 heavy (non-hydrogen) atoms. The van der Waals surface area contributed by atoms with Crippen LogP contribution in [0.15, 0.2) is 65.7 Å². The van der Waals surface area contributed by atoms with Gasteiger partial charge in [-0.15, -0.1) is 11.8 Å². The van der Waals surface area contributed by atoms with Crippen molar-refractivity contribution in [3.8, 4) is 0 Å². The molecule has 0 spiro atoms. The van der Waals surface area contributed by atoms with Crippen molar-refractivity contribution in [3.05, 3.63) is 71.9 Å². The highest BCUT2D eigenvalue weighted by Gasteiger charge is 2.11. The van der Waals surface area contributed by atoms with Crippen LogP contribution in [-0.2, 0) is 0 Å². The van der Waals surface area contributed by atoms with Gasteiger partial charge in [0.2, 0.25) is 0 Å². The minimum absolute atomic E-state index is 0.614. The summed E-state index contributed by atoms with van der Waals surface area (Å²) in [5.41, 5.74) is 2.69. The first kappa shape index (κ1) is 14.1. The minimum atomic E-state index is -0.614. The quantitative estimate of drug-likeness (QED) is 0.723. The zero-order chi connectivity index (χ0) is 14.7. The number of aliphatic hydroxyl groups is 1. The summed E-state index contributed by atoms with van der Waals surface area (Å²) >= 11 is 1.80. The largest absolute Gasteiger partial charge is 0.384 e. The number of thioether (sulfide) groups is 1. The highest BCUT2D eigenvalue weighted by atomic mass is 32.2. The molecule has 1 aromatic heterocycles. The maximum absolute atomic E-state index is 10.5. The Morgan fingerprint density at radius 1 is 1.05 bits per heavy atom. The molecule has 3 heteroatoms. The summed E-state index contributed by atoms with van der Waals surface area (Å²) in [4.78, 5) is 5.57. The van der Waals surface area contributed by atoms with Crippen molar-refractivity contribution in [1.29, 1.82) is 0 Å². The molecule has 0 amide bonds. The maximum Gasteiger partial charge on any atom is 0.104 e. The molecule has 106 valence electrons. The Kier molecular flexibility index (Phi) is 4.23. The van der Waals surface area contributed by atoms with E-state index in [-0.39, 0.29) is 0 Å². The summed E-state index contributed by atoms with van der Waals surface area (Å²) in [6.45, 7) is 2.13. The fourth-order valence-corrected chi connectivity index (χ4v) is 3.02. The molecule has 0 aliphatic heterocycles. The first-order chi connectivity index (χ1) is 10.3. The van der Waals surface area contributed by atoms with E-state index in [4.69, 9.17) is 0 Å². The van der Waals surface area contributed by atoms with E-state index in [0.29, 0.717) is 0 Å². The van der Waals surface area contributed by atoms with Crippen molar-refractivity contribution in [2.45, 2.75) is 17.9 Å². The Morgan fingerprint density at radius 2 is 1.81 bits per heavy atom. The zero-order valence-electron chi connectivity index (χ0n) is 11.9. The van der Waals surface area contributed by atoms with Gasteiger partial charge in [0.05, 0.1) is 5.52 Å². The van der Waals surface area contributed by atoms with E-state index >= 15 is 0 Å². The predicted molar refractivity (Wildman–Crippen MR) is 88.6 cm³/mol. The van der Waals surface area contributed by atoms with Crippen molar-refractivity contribution < 1.29 is 5.11 Å². The molecule has 1 unspecified atom stereocenters. The number of hydrogen-bond acceptors (Lipinski definition) is 3. The van der Waals surface area contributed by atoms with Gasteiger partial charge in [0, 0.05) is 16.5 Å². The Balaban J connectivity index is 1.90. The zero-order valence-corrected chi connectivity index (χ0v) is 12.7. The van der Waals surface area contributed by atoms with Gasteiger partial charge in [-0.05, 0) is 41.1 Å². The number of benzene rings is 2. The SMILES string of the molecule is CCSc1ccc(C(O)c2ccc3cccnc3c2)cc1. The summed E-state index contributed by atoms with van der Waals surface area (Å²) in [6, 6.07) is 18.0. The van der Waals surface area contributed by atoms with Gasteiger partial charge in [-0.3, -0.25) is 4.98 Å². The fraction of sp³-hybridized carbons (Fsp3) is 0.167. The predicted octanol–water partition coefficient (Wildman–Crippen LogP) is 4.43. The standard InChI is InChI=1S/C18H17NOS/c1-2-21-16-9-7-14(8-10-16)18(20)15-6-5-13-4-3-11-19-17(13)12-15/h3-12,18,20H,2H2,1H3. The van der Waals surface area contributed by atoms with Crippen LogP contribution >= 0.6 is 11.8 Å². The van der Waals surface area contributed by atoms with Crippen LogP contribution in [0.5, 0.6) is 0 Å². The molecular weight excluding hydrogens is 278 g/mol. The highest BCUT2D eigenvalue weighted by molar-refractivity contribution is 7.99. The van der Waals surface area contributed by atoms with Crippen LogP contribution < -0.4 is 0 Å². The molecule has 1 N–H and O–H groups in total. The molecule has 0 radical (unpaired) electrons. The number of hydrogen-bond donors (Lipinski definition) is 1. The van der Waals surface area contributed by atoms with E-state index in [2.05, 4.69) is 24.0 Å². The molecule has 0 saturated carbocycles. The van der Waals surface area contributed by atoms with E-state index in [0.717, 1.165) is 27.8 Å². The number of fused-ring (bicyclic) bond motifs is 1. The van der Waals surface area contributed by atoms with E-state index in [1.807, 2.05) is 42.5 Å². The molecule has 2 aromatic carbocycles. The van der Waals surface area contributed by atoms with Crippen LogP contribution in [-0.4, -0.2) is 15.8 Å². The van der Waals surface area contributed by atoms with Crippen molar-refractivity contribution in [2.75, 3.05) is 5.75 Å². The van der Waals surface area contributed by atoms with Crippen molar-refractivity contribution in [1.82, 2.24) is 4.98 Å². The van der Waals surface area contributed by atoms with Crippen LogP contribution in [0.2, 0.25) is 0 Å². The molecule has 1 heterocycles.